The van der Waals surface area contributed by atoms with Gasteiger partial charge in [-0.25, -0.2) is 8.78 Å². The normalized spacial score (nSPS) is 11.9. The second kappa shape index (κ2) is 4.03. The fraction of sp³-hybridized carbons (Fsp3) is 0.250. The first-order chi connectivity index (χ1) is 7.23. The van der Waals surface area contributed by atoms with Crippen LogP contribution < -0.4 is 0 Å². The quantitative estimate of drug-likeness (QED) is 0.451. The first-order valence-corrected chi connectivity index (χ1v) is 3.87. The summed E-state index contributed by atoms with van der Waals surface area (Å²) in [6.07, 6.45) is -8.38. The molecule has 0 aromatic heterocycles. The lowest BCUT2D eigenvalue weighted by Gasteiger charge is -2.11. The summed E-state index contributed by atoms with van der Waals surface area (Å²) in [5, 5.41) is 10.2. The Morgan fingerprint density at radius 1 is 1.25 bits per heavy atom. The van der Waals surface area contributed by atoms with Gasteiger partial charge in [-0.2, -0.15) is 13.2 Å². The number of rotatable bonds is 2. The van der Waals surface area contributed by atoms with Crippen molar-refractivity contribution in [2.45, 2.75) is 12.6 Å². The molecule has 0 unspecified atom stereocenters. The number of hydrogen-bond acceptors (Lipinski definition) is 2. The van der Waals surface area contributed by atoms with Gasteiger partial charge in [-0.15, -0.1) is 0 Å². The van der Waals surface area contributed by atoms with Gasteiger partial charge < -0.3 is 0 Å². The molecule has 16 heavy (non-hydrogen) atoms. The zero-order chi connectivity index (χ0) is 12.5. The van der Waals surface area contributed by atoms with Crippen LogP contribution in [-0.2, 0) is 6.18 Å². The predicted octanol–water partition coefficient (Wildman–Crippen LogP) is 3.55. The van der Waals surface area contributed by atoms with Gasteiger partial charge in [-0.05, 0) is 6.07 Å². The third-order valence-corrected chi connectivity index (χ3v) is 1.79. The van der Waals surface area contributed by atoms with Crippen molar-refractivity contribution in [1.29, 1.82) is 0 Å². The Morgan fingerprint density at radius 2 is 1.81 bits per heavy atom. The van der Waals surface area contributed by atoms with Crippen molar-refractivity contribution in [3.05, 3.63) is 39.4 Å². The number of alkyl halides is 5. The maximum atomic E-state index is 12.3. The van der Waals surface area contributed by atoms with Crippen molar-refractivity contribution >= 4 is 5.69 Å². The number of nitro benzene ring substituents is 1. The van der Waals surface area contributed by atoms with Gasteiger partial charge in [0, 0.05) is 17.7 Å². The van der Waals surface area contributed by atoms with Gasteiger partial charge in [-0.3, -0.25) is 10.1 Å². The van der Waals surface area contributed by atoms with Crippen molar-refractivity contribution in [3.63, 3.8) is 0 Å². The highest BCUT2D eigenvalue weighted by Gasteiger charge is 2.36. The molecule has 0 amide bonds. The zero-order valence-corrected chi connectivity index (χ0v) is 7.46. The molecule has 0 radical (unpaired) electrons. The van der Waals surface area contributed by atoms with Gasteiger partial charge in [0.15, 0.2) is 0 Å². The molecule has 0 atom stereocenters. The average Bonchev–Trinajstić information content (AvgIpc) is 2.15. The standard InChI is InChI=1S/C8H4F5NO2/c9-7(10)5-3-4(14(15)16)1-2-6(5)8(11,12)13/h1-3,7H. The van der Waals surface area contributed by atoms with Crippen molar-refractivity contribution in [1.82, 2.24) is 0 Å². The fourth-order valence-corrected chi connectivity index (χ4v) is 1.10. The molecule has 1 aromatic carbocycles. The number of halogens is 5. The van der Waals surface area contributed by atoms with E-state index in [-0.39, 0.29) is 12.1 Å². The number of nitrogens with zero attached hydrogens (tertiary/aromatic N) is 1. The van der Waals surface area contributed by atoms with E-state index >= 15 is 0 Å². The molecule has 1 aromatic rings. The zero-order valence-electron chi connectivity index (χ0n) is 7.46. The van der Waals surface area contributed by atoms with E-state index in [4.69, 9.17) is 0 Å². The van der Waals surface area contributed by atoms with E-state index in [0.29, 0.717) is 6.07 Å². The Morgan fingerprint density at radius 3 is 2.19 bits per heavy atom. The molecule has 0 aliphatic carbocycles. The summed E-state index contributed by atoms with van der Waals surface area (Å²) in [5.41, 5.74) is -3.75. The lowest BCUT2D eigenvalue weighted by atomic mass is 10.1. The topological polar surface area (TPSA) is 43.1 Å². The third-order valence-electron chi connectivity index (χ3n) is 1.79. The van der Waals surface area contributed by atoms with E-state index in [1.807, 2.05) is 0 Å². The monoisotopic (exact) mass is 241 g/mol. The lowest BCUT2D eigenvalue weighted by molar-refractivity contribution is -0.385. The summed E-state index contributed by atoms with van der Waals surface area (Å²) in [7, 11) is 0. The minimum atomic E-state index is -4.96. The Kier molecular flexibility index (Phi) is 3.11. The molecule has 0 aliphatic heterocycles. The summed E-state index contributed by atoms with van der Waals surface area (Å²) in [6.45, 7) is 0. The summed E-state index contributed by atoms with van der Waals surface area (Å²) in [4.78, 5) is 9.18. The van der Waals surface area contributed by atoms with Crippen molar-refractivity contribution in [2.24, 2.45) is 0 Å². The number of benzene rings is 1. The molecule has 1 rings (SSSR count). The van der Waals surface area contributed by atoms with Gasteiger partial charge in [0.2, 0.25) is 0 Å². The van der Waals surface area contributed by atoms with Crippen molar-refractivity contribution in [2.75, 3.05) is 0 Å². The molecule has 88 valence electrons. The smallest absolute Gasteiger partial charge is 0.258 e. The first kappa shape index (κ1) is 12.3. The minimum Gasteiger partial charge on any atom is -0.258 e. The SMILES string of the molecule is O=[N+]([O-])c1ccc(C(F)(F)F)c(C(F)F)c1. The van der Waals surface area contributed by atoms with Crippen molar-refractivity contribution < 1.29 is 26.9 Å². The summed E-state index contributed by atoms with van der Waals surface area (Å²) < 4.78 is 61.3. The highest BCUT2D eigenvalue weighted by molar-refractivity contribution is 5.41. The van der Waals surface area contributed by atoms with Crippen LogP contribution in [0.2, 0.25) is 0 Å². The predicted molar refractivity (Wildman–Crippen MR) is 43.1 cm³/mol. The van der Waals surface area contributed by atoms with Crippen LogP contribution in [0.15, 0.2) is 18.2 Å². The Hall–Kier alpha value is -1.73. The van der Waals surface area contributed by atoms with E-state index < -0.39 is 34.3 Å². The van der Waals surface area contributed by atoms with E-state index in [9.17, 15) is 32.1 Å². The molecule has 0 aliphatic rings. The van der Waals surface area contributed by atoms with Crippen LogP contribution in [-0.4, -0.2) is 4.92 Å². The molecule has 0 spiro atoms. The van der Waals surface area contributed by atoms with Crippen LogP contribution in [0.1, 0.15) is 17.6 Å². The van der Waals surface area contributed by atoms with E-state index in [1.54, 1.807) is 0 Å². The van der Waals surface area contributed by atoms with Crippen LogP contribution in [0.25, 0.3) is 0 Å². The molecule has 0 N–H and O–H groups in total. The summed E-state index contributed by atoms with van der Waals surface area (Å²) in [5.74, 6) is 0. The Balaban J connectivity index is 3.37. The highest BCUT2D eigenvalue weighted by atomic mass is 19.4. The molecule has 8 heteroatoms. The maximum absolute atomic E-state index is 12.3. The van der Waals surface area contributed by atoms with Crippen LogP contribution in [0, 0.1) is 10.1 Å². The second-order valence-electron chi connectivity index (χ2n) is 2.83. The first-order valence-electron chi connectivity index (χ1n) is 3.87. The summed E-state index contributed by atoms with van der Waals surface area (Å²) >= 11 is 0. The fourth-order valence-electron chi connectivity index (χ4n) is 1.10. The van der Waals surface area contributed by atoms with Gasteiger partial charge in [0.05, 0.1) is 10.5 Å². The van der Waals surface area contributed by atoms with E-state index in [1.165, 1.54) is 0 Å². The van der Waals surface area contributed by atoms with Crippen LogP contribution in [0.3, 0.4) is 0 Å². The van der Waals surface area contributed by atoms with Crippen LogP contribution >= 0.6 is 0 Å². The molecule has 0 saturated carbocycles. The molecular weight excluding hydrogens is 237 g/mol. The minimum absolute atomic E-state index is 0.230. The molecule has 0 heterocycles. The van der Waals surface area contributed by atoms with Crippen LogP contribution in [0.4, 0.5) is 27.6 Å². The largest absolute Gasteiger partial charge is 0.416 e. The number of non-ortho nitro benzene ring substituents is 1. The third kappa shape index (κ3) is 2.44. The molecule has 0 bridgehead atoms. The van der Waals surface area contributed by atoms with Crippen molar-refractivity contribution in [3.8, 4) is 0 Å². The van der Waals surface area contributed by atoms with Gasteiger partial charge in [0.25, 0.3) is 12.1 Å². The van der Waals surface area contributed by atoms with Crippen LogP contribution in [0.5, 0.6) is 0 Å². The molecule has 0 fully saturated rings. The lowest BCUT2D eigenvalue weighted by Crippen LogP contribution is -2.09. The van der Waals surface area contributed by atoms with Gasteiger partial charge in [0.1, 0.15) is 0 Å². The second-order valence-corrected chi connectivity index (χ2v) is 2.83. The molecule has 0 saturated heterocycles. The van der Waals surface area contributed by atoms with Gasteiger partial charge in [-0.1, -0.05) is 0 Å². The Labute approximate surface area is 85.6 Å². The molecule has 3 nitrogen and oxygen atoms in total. The number of nitro groups is 1. The van der Waals surface area contributed by atoms with Gasteiger partial charge >= 0.3 is 6.18 Å². The van der Waals surface area contributed by atoms with E-state index in [0.717, 1.165) is 0 Å². The summed E-state index contributed by atoms with van der Waals surface area (Å²) in [6, 6.07) is 1.04. The maximum Gasteiger partial charge on any atom is 0.416 e. The highest BCUT2D eigenvalue weighted by Crippen LogP contribution is 2.37. The van der Waals surface area contributed by atoms with E-state index in [2.05, 4.69) is 0 Å². The molecular formula is C8H4F5NO2. The average molecular weight is 241 g/mol. The number of hydrogen-bond donors (Lipinski definition) is 0. The Bertz CT molecular complexity index is 415.